The predicted octanol–water partition coefficient (Wildman–Crippen LogP) is 2.31. The fraction of sp³-hybridized carbons (Fsp3) is 0.917. The zero-order chi connectivity index (χ0) is 10.7. The van der Waals surface area contributed by atoms with E-state index in [-0.39, 0.29) is 0 Å². The van der Waals surface area contributed by atoms with Crippen LogP contribution in [0.25, 0.3) is 0 Å². The van der Waals surface area contributed by atoms with Crippen molar-refractivity contribution in [2.45, 2.75) is 69.4 Å². The Hall–Kier alpha value is -0.570. The fourth-order valence-electron chi connectivity index (χ4n) is 3.04. The highest BCUT2D eigenvalue weighted by atomic mass is 16.4. The van der Waals surface area contributed by atoms with Crippen LogP contribution >= 0.6 is 0 Å². The van der Waals surface area contributed by atoms with Crippen LogP contribution < -0.4 is 5.32 Å². The molecule has 0 amide bonds. The van der Waals surface area contributed by atoms with Crippen LogP contribution in [0, 0.1) is 0 Å². The van der Waals surface area contributed by atoms with Crippen molar-refractivity contribution in [1.82, 2.24) is 5.32 Å². The van der Waals surface area contributed by atoms with E-state index in [0.717, 1.165) is 38.5 Å². The van der Waals surface area contributed by atoms with Crippen LogP contribution in [-0.4, -0.2) is 22.7 Å². The number of rotatable bonds is 3. The molecule has 2 aliphatic rings. The number of aliphatic carboxylic acids is 1. The molecule has 0 bridgehead atoms. The van der Waals surface area contributed by atoms with Gasteiger partial charge in [0.2, 0.25) is 0 Å². The number of hydrogen-bond acceptors (Lipinski definition) is 2. The summed E-state index contributed by atoms with van der Waals surface area (Å²) in [4.78, 5) is 11.4. The van der Waals surface area contributed by atoms with Crippen LogP contribution in [0.3, 0.4) is 0 Å². The first-order valence-electron chi connectivity index (χ1n) is 6.24. The lowest BCUT2D eigenvalue weighted by Gasteiger charge is -2.36. The second-order valence-corrected chi connectivity index (χ2v) is 5.07. The molecule has 3 heteroatoms. The van der Waals surface area contributed by atoms with Gasteiger partial charge >= 0.3 is 5.97 Å². The van der Waals surface area contributed by atoms with Crippen LogP contribution in [-0.2, 0) is 4.79 Å². The molecule has 2 N–H and O–H groups in total. The van der Waals surface area contributed by atoms with E-state index in [2.05, 4.69) is 5.32 Å². The van der Waals surface area contributed by atoms with E-state index < -0.39 is 11.5 Å². The average Bonchev–Trinajstić information content (AvgIpc) is 2.71. The number of carbonyl (C=O) groups is 1. The third-order valence-corrected chi connectivity index (χ3v) is 3.95. The molecule has 0 saturated heterocycles. The summed E-state index contributed by atoms with van der Waals surface area (Å²) in [5.74, 6) is -0.630. The number of carboxylic acid groups (broad SMARTS) is 1. The number of hydrogen-bond donors (Lipinski definition) is 2. The summed E-state index contributed by atoms with van der Waals surface area (Å²) in [7, 11) is 0. The first-order valence-corrected chi connectivity index (χ1v) is 6.24. The highest BCUT2D eigenvalue weighted by molar-refractivity contribution is 5.79. The van der Waals surface area contributed by atoms with E-state index in [0.29, 0.717) is 6.04 Å². The Kier molecular flexibility index (Phi) is 3.29. The van der Waals surface area contributed by atoms with Gasteiger partial charge in [0.1, 0.15) is 5.54 Å². The fourth-order valence-corrected chi connectivity index (χ4v) is 3.04. The van der Waals surface area contributed by atoms with Gasteiger partial charge in [-0.15, -0.1) is 0 Å². The largest absolute Gasteiger partial charge is 0.480 e. The minimum atomic E-state index is -0.630. The normalized spacial score (nSPS) is 26.7. The van der Waals surface area contributed by atoms with Crippen LogP contribution in [0.5, 0.6) is 0 Å². The smallest absolute Gasteiger partial charge is 0.323 e. The molecule has 2 fully saturated rings. The Morgan fingerprint density at radius 3 is 2.20 bits per heavy atom. The van der Waals surface area contributed by atoms with Gasteiger partial charge in [0.15, 0.2) is 0 Å². The molecule has 0 unspecified atom stereocenters. The Morgan fingerprint density at radius 2 is 1.67 bits per heavy atom. The van der Waals surface area contributed by atoms with Crippen molar-refractivity contribution >= 4 is 5.97 Å². The van der Waals surface area contributed by atoms with Gasteiger partial charge in [-0.2, -0.15) is 0 Å². The van der Waals surface area contributed by atoms with Gasteiger partial charge in [0.25, 0.3) is 0 Å². The van der Waals surface area contributed by atoms with Gasteiger partial charge in [-0.1, -0.05) is 32.1 Å². The summed E-state index contributed by atoms with van der Waals surface area (Å²) in [6.07, 6.45) is 9.79. The minimum Gasteiger partial charge on any atom is -0.480 e. The van der Waals surface area contributed by atoms with Gasteiger partial charge in [-0.25, -0.2) is 0 Å². The average molecular weight is 211 g/mol. The molecule has 15 heavy (non-hydrogen) atoms. The molecule has 2 aliphatic carbocycles. The molecule has 2 saturated carbocycles. The van der Waals surface area contributed by atoms with E-state index in [1.807, 2.05) is 0 Å². The number of nitrogens with one attached hydrogen (secondary N) is 1. The molecule has 0 aromatic heterocycles. The zero-order valence-electron chi connectivity index (χ0n) is 9.30. The lowest BCUT2D eigenvalue weighted by Crippen LogP contribution is -2.56. The number of carboxylic acids is 1. The Balaban J connectivity index is 2.00. The van der Waals surface area contributed by atoms with Gasteiger partial charge in [0.05, 0.1) is 0 Å². The molecule has 0 aromatic rings. The van der Waals surface area contributed by atoms with Gasteiger partial charge in [-0.3, -0.25) is 10.1 Å². The quantitative estimate of drug-likeness (QED) is 0.753. The molecule has 2 rings (SSSR count). The van der Waals surface area contributed by atoms with Gasteiger partial charge in [-0.05, 0) is 25.7 Å². The van der Waals surface area contributed by atoms with Crippen LogP contribution in [0.1, 0.15) is 57.8 Å². The maximum absolute atomic E-state index is 11.4. The van der Waals surface area contributed by atoms with Crippen LogP contribution in [0.15, 0.2) is 0 Å². The summed E-state index contributed by atoms with van der Waals surface area (Å²) in [5, 5.41) is 12.8. The molecule has 0 aromatic carbocycles. The maximum Gasteiger partial charge on any atom is 0.323 e. The van der Waals surface area contributed by atoms with E-state index in [1.54, 1.807) is 0 Å². The van der Waals surface area contributed by atoms with Crippen molar-refractivity contribution in [3.63, 3.8) is 0 Å². The van der Waals surface area contributed by atoms with E-state index >= 15 is 0 Å². The lowest BCUT2D eigenvalue weighted by atomic mass is 9.81. The first kappa shape index (κ1) is 10.9. The van der Waals surface area contributed by atoms with E-state index in [9.17, 15) is 9.90 Å². The summed E-state index contributed by atoms with van der Waals surface area (Å²) in [6, 6.07) is 0.458. The van der Waals surface area contributed by atoms with Crippen molar-refractivity contribution in [2.75, 3.05) is 0 Å². The van der Waals surface area contributed by atoms with Crippen molar-refractivity contribution in [3.05, 3.63) is 0 Å². The molecule has 0 aliphatic heterocycles. The third-order valence-electron chi connectivity index (χ3n) is 3.95. The van der Waals surface area contributed by atoms with Crippen LogP contribution in [0.2, 0.25) is 0 Å². The van der Waals surface area contributed by atoms with Crippen LogP contribution in [0.4, 0.5) is 0 Å². The molecule has 0 heterocycles. The second kappa shape index (κ2) is 4.52. The maximum atomic E-state index is 11.4. The van der Waals surface area contributed by atoms with Crippen molar-refractivity contribution < 1.29 is 9.90 Å². The first-order chi connectivity index (χ1) is 7.23. The summed E-state index contributed by atoms with van der Waals surface area (Å²) >= 11 is 0. The molecular weight excluding hydrogens is 190 g/mol. The minimum absolute atomic E-state index is 0.458. The molecule has 0 spiro atoms. The molecular formula is C12H21NO2. The molecule has 0 radical (unpaired) electrons. The van der Waals surface area contributed by atoms with E-state index in [4.69, 9.17) is 0 Å². The molecule has 3 nitrogen and oxygen atoms in total. The van der Waals surface area contributed by atoms with Gasteiger partial charge in [0, 0.05) is 6.04 Å². The van der Waals surface area contributed by atoms with Gasteiger partial charge < -0.3 is 5.11 Å². The SMILES string of the molecule is O=C(O)C1(NC2CCCC2)CCCCC1. The summed E-state index contributed by atoms with van der Waals surface area (Å²) in [5.41, 5.74) is -0.590. The topological polar surface area (TPSA) is 49.3 Å². The monoisotopic (exact) mass is 211 g/mol. The molecule has 0 atom stereocenters. The highest BCUT2D eigenvalue weighted by Gasteiger charge is 2.41. The Labute approximate surface area is 91.2 Å². The zero-order valence-corrected chi connectivity index (χ0v) is 9.30. The molecule has 86 valence electrons. The Morgan fingerprint density at radius 1 is 1.07 bits per heavy atom. The van der Waals surface area contributed by atoms with E-state index in [1.165, 1.54) is 19.3 Å². The highest BCUT2D eigenvalue weighted by Crippen LogP contribution is 2.31. The summed E-state index contributed by atoms with van der Waals surface area (Å²) < 4.78 is 0. The second-order valence-electron chi connectivity index (χ2n) is 5.07. The van der Waals surface area contributed by atoms with Crippen molar-refractivity contribution in [3.8, 4) is 0 Å². The predicted molar refractivity (Wildman–Crippen MR) is 58.8 cm³/mol. The van der Waals surface area contributed by atoms with Crippen molar-refractivity contribution in [2.24, 2.45) is 0 Å². The third kappa shape index (κ3) is 2.33. The Bertz CT molecular complexity index is 228. The standard InChI is InChI=1S/C12H21NO2/c14-11(15)12(8-4-1-5-9-12)13-10-6-2-3-7-10/h10,13H,1-9H2,(H,14,15). The summed E-state index contributed by atoms with van der Waals surface area (Å²) in [6.45, 7) is 0. The van der Waals surface area contributed by atoms with Crippen molar-refractivity contribution in [1.29, 1.82) is 0 Å². The lowest BCUT2D eigenvalue weighted by molar-refractivity contribution is -0.146.